The molecule has 0 saturated heterocycles. The largest absolute Gasteiger partial charge is 0.370 e. The number of hydrogen-bond donors (Lipinski definition) is 2. The first-order chi connectivity index (χ1) is 7.33. The van der Waals surface area contributed by atoms with E-state index in [1.165, 1.54) is 24.0 Å². The van der Waals surface area contributed by atoms with Crippen LogP contribution in [0, 0.1) is 0 Å². The van der Waals surface area contributed by atoms with Crippen molar-refractivity contribution >= 4 is 5.96 Å². The third-order valence-corrected chi connectivity index (χ3v) is 3.15. The van der Waals surface area contributed by atoms with E-state index >= 15 is 0 Å². The zero-order valence-corrected chi connectivity index (χ0v) is 8.61. The van der Waals surface area contributed by atoms with Crippen molar-refractivity contribution in [3.63, 3.8) is 0 Å². The molecule has 1 heterocycles. The van der Waals surface area contributed by atoms with Crippen molar-refractivity contribution in [2.24, 2.45) is 10.7 Å². The van der Waals surface area contributed by atoms with Gasteiger partial charge in [-0.25, -0.2) is 0 Å². The van der Waals surface area contributed by atoms with Crippen LogP contribution in [0.5, 0.6) is 0 Å². The first-order valence-corrected chi connectivity index (χ1v) is 5.49. The Balaban J connectivity index is 1.75. The molecular weight excluding hydrogens is 186 g/mol. The number of guanidine groups is 1. The monoisotopic (exact) mass is 201 g/mol. The Labute approximate surface area is 89.4 Å². The molecule has 1 unspecified atom stereocenters. The molecule has 0 bridgehead atoms. The Kier molecular flexibility index (Phi) is 1.91. The fraction of sp³-hybridized carbons (Fsp3) is 0.417. The van der Waals surface area contributed by atoms with Crippen LogP contribution >= 0.6 is 0 Å². The highest BCUT2D eigenvalue weighted by Crippen LogP contribution is 2.40. The van der Waals surface area contributed by atoms with Gasteiger partial charge in [0.25, 0.3) is 0 Å². The molecule has 2 aliphatic rings. The molecule has 1 aromatic carbocycles. The molecule has 0 aromatic heterocycles. The summed E-state index contributed by atoms with van der Waals surface area (Å²) in [6, 6.07) is 9.14. The predicted molar refractivity (Wildman–Crippen MR) is 60.8 cm³/mol. The summed E-state index contributed by atoms with van der Waals surface area (Å²) in [7, 11) is 0. The molecule has 1 fully saturated rings. The lowest BCUT2D eigenvalue weighted by Crippen LogP contribution is -2.29. The predicted octanol–water partition coefficient (Wildman–Crippen LogP) is 1.52. The van der Waals surface area contributed by atoms with Crippen LogP contribution < -0.4 is 11.1 Å². The normalized spacial score (nSPS) is 24.8. The maximum Gasteiger partial charge on any atom is 0.189 e. The molecule has 3 N–H and O–H groups in total. The molecule has 3 heteroatoms. The van der Waals surface area contributed by atoms with Gasteiger partial charge in [0.15, 0.2) is 5.96 Å². The van der Waals surface area contributed by atoms with Gasteiger partial charge < -0.3 is 11.1 Å². The number of hydrogen-bond acceptors (Lipinski definition) is 3. The average Bonchev–Trinajstić information content (AvgIpc) is 3.02. The van der Waals surface area contributed by atoms with E-state index in [0.717, 1.165) is 12.5 Å². The highest BCUT2D eigenvalue weighted by atomic mass is 15.2. The minimum Gasteiger partial charge on any atom is -0.370 e. The Morgan fingerprint density at radius 3 is 2.33 bits per heavy atom. The van der Waals surface area contributed by atoms with Crippen molar-refractivity contribution in [2.75, 3.05) is 6.54 Å². The minimum atomic E-state index is 0.276. The van der Waals surface area contributed by atoms with E-state index in [1.807, 2.05) is 0 Å². The van der Waals surface area contributed by atoms with E-state index in [4.69, 9.17) is 5.73 Å². The quantitative estimate of drug-likeness (QED) is 0.762. The smallest absolute Gasteiger partial charge is 0.189 e. The van der Waals surface area contributed by atoms with Crippen LogP contribution in [0.15, 0.2) is 29.3 Å². The van der Waals surface area contributed by atoms with E-state index in [2.05, 4.69) is 34.6 Å². The van der Waals surface area contributed by atoms with E-state index in [0.29, 0.717) is 5.96 Å². The SMILES string of the molecule is NC1=NCC(c2ccc(C3CC3)cc2)N1. The minimum absolute atomic E-state index is 0.276. The zero-order valence-electron chi connectivity index (χ0n) is 8.61. The number of benzene rings is 1. The lowest BCUT2D eigenvalue weighted by Gasteiger charge is -2.11. The summed E-state index contributed by atoms with van der Waals surface area (Å²) in [5, 5.41) is 3.16. The summed E-state index contributed by atoms with van der Waals surface area (Å²) in [5.74, 6) is 1.39. The average molecular weight is 201 g/mol. The summed E-state index contributed by atoms with van der Waals surface area (Å²) in [6.45, 7) is 0.759. The van der Waals surface area contributed by atoms with Crippen LogP contribution in [-0.4, -0.2) is 12.5 Å². The molecule has 78 valence electrons. The molecule has 1 aliphatic heterocycles. The Morgan fingerprint density at radius 1 is 1.13 bits per heavy atom. The van der Waals surface area contributed by atoms with Crippen molar-refractivity contribution in [2.45, 2.75) is 24.8 Å². The Morgan fingerprint density at radius 2 is 1.80 bits per heavy atom. The number of nitrogens with two attached hydrogens (primary N) is 1. The van der Waals surface area contributed by atoms with Gasteiger partial charge in [-0.05, 0) is 29.9 Å². The van der Waals surface area contributed by atoms with E-state index in [9.17, 15) is 0 Å². The third-order valence-electron chi connectivity index (χ3n) is 3.15. The van der Waals surface area contributed by atoms with Crippen LogP contribution in [0.4, 0.5) is 0 Å². The van der Waals surface area contributed by atoms with Gasteiger partial charge in [0.1, 0.15) is 0 Å². The van der Waals surface area contributed by atoms with Crippen LogP contribution in [0.3, 0.4) is 0 Å². The Bertz CT molecular complexity index is 390. The summed E-state index contributed by atoms with van der Waals surface area (Å²) in [6.07, 6.45) is 2.72. The van der Waals surface area contributed by atoms with Crippen LogP contribution in [-0.2, 0) is 0 Å². The Hall–Kier alpha value is -1.51. The highest BCUT2D eigenvalue weighted by Gasteiger charge is 2.24. The van der Waals surface area contributed by atoms with E-state index in [-0.39, 0.29) is 6.04 Å². The number of nitrogens with zero attached hydrogens (tertiary/aromatic N) is 1. The lowest BCUT2D eigenvalue weighted by molar-refractivity contribution is 0.707. The second-order valence-electron chi connectivity index (χ2n) is 4.36. The van der Waals surface area contributed by atoms with Gasteiger partial charge in [0.2, 0.25) is 0 Å². The van der Waals surface area contributed by atoms with Gasteiger partial charge in [0.05, 0.1) is 12.6 Å². The molecule has 3 rings (SSSR count). The first kappa shape index (κ1) is 8.77. The molecule has 3 nitrogen and oxygen atoms in total. The second-order valence-corrected chi connectivity index (χ2v) is 4.36. The fourth-order valence-electron chi connectivity index (χ4n) is 2.07. The standard InChI is InChI=1S/C12H15N3/c13-12-14-7-11(15-12)10-5-3-9(4-6-10)8-1-2-8/h3-6,8,11H,1-2,7H2,(H3,13,14,15). The van der Waals surface area contributed by atoms with Crippen molar-refractivity contribution in [3.05, 3.63) is 35.4 Å². The molecule has 1 saturated carbocycles. The van der Waals surface area contributed by atoms with E-state index in [1.54, 1.807) is 0 Å². The molecule has 1 atom stereocenters. The van der Waals surface area contributed by atoms with E-state index < -0.39 is 0 Å². The van der Waals surface area contributed by atoms with Gasteiger partial charge in [-0.2, -0.15) is 0 Å². The summed E-state index contributed by atoms with van der Waals surface area (Å²) in [5.41, 5.74) is 8.35. The van der Waals surface area contributed by atoms with Crippen molar-refractivity contribution in [1.29, 1.82) is 0 Å². The van der Waals surface area contributed by atoms with Gasteiger partial charge in [-0.3, -0.25) is 4.99 Å². The third kappa shape index (κ3) is 1.69. The summed E-state index contributed by atoms with van der Waals surface area (Å²) >= 11 is 0. The fourth-order valence-corrected chi connectivity index (χ4v) is 2.07. The summed E-state index contributed by atoms with van der Waals surface area (Å²) < 4.78 is 0. The molecule has 0 amide bonds. The zero-order chi connectivity index (χ0) is 10.3. The highest BCUT2D eigenvalue weighted by molar-refractivity contribution is 5.80. The van der Waals surface area contributed by atoms with Gasteiger partial charge in [0, 0.05) is 0 Å². The number of nitrogens with one attached hydrogen (secondary N) is 1. The molecule has 0 radical (unpaired) electrons. The maximum absolute atomic E-state index is 5.59. The lowest BCUT2D eigenvalue weighted by atomic mass is 10.0. The maximum atomic E-state index is 5.59. The second kappa shape index (κ2) is 3.26. The molecular formula is C12H15N3. The van der Waals surface area contributed by atoms with Crippen molar-refractivity contribution in [3.8, 4) is 0 Å². The molecule has 1 aromatic rings. The molecule has 15 heavy (non-hydrogen) atoms. The van der Waals surface area contributed by atoms with Crippen LogP contribution in [0.25, 0.3) is 0 Å². The van der Waals surface area contributed by atoms with Crippen molar-refractivity contribution in [1.82, 2.24) is 5.32 Å². The first-order valence-electron chi connectivity index (χ1n) is 5.49. The van der Waals surface area contributed by atoms with Gasteiger partial charge >= 0.3 is 0 Å². The van der Waals surface area contributed by atoms with Crippen LogP contribution in [0.2, 0.25) is 0 Å². The van der Waals surface area contributed by atoms with Crippen LogP contribution in [0.1, 0.15) is 35.9 Å². The van der Waals surface area contributed by atoms with Gasteiger partial charge in [-0.15, -0.1) is 0 Å². The topological polar surface area (TPSA) is 50.4 Å². The summed E-state index contributed by atoms with van der Waals surface area (Å²) in [4.78, 5) is 4.15. The van der Waals surface area contributed by atoms with Crippen molar-refractivity contribution < 1.29 is 0 Å². The van der Waals surface area contributed by atoms with Gasteiger partial charge in [-0.1, -0.05) is 24.3 Å². The number of rotatable bonds is 2. The molecule has 0 spiro atoms. The number of aliphatic imine (C=N–C) groups is 1. The molecule has 1 aliphatic carbocycles.